The first-order chi connectivity index (χ1) is 34.5. The second-order valence-corrected chi connectivity index (χ2v) is 21.3. The Hall–Kier alpha value is -2.11. The maximum atomic E-state index is 12.9. The predicted octanol–water partition coefficient (Wildman–Crippen LogP) is 21.1. The Morgan fingerprint density at radius 1 is 0.271 bits per heavy atom. The summed E-state index contributed by atoms with van der Waals surface area (Å²) in [4.78, 5) is 38.3. The molecule has 0 aliphatic carbocycles. The number of esters is 3. The van der Waals surface area contributed by atoms with E-state index in [0.29, 0.717) is 19.3 Å². The standard InChI is InChI=1S/C64H120O6/c1-4-7-10-13-16-19-22-25-28-30-32-34-36-39-42-45-48-51-54-57-63(66)69-60-61(59-68-62(65)56-53-50-47-44-41-38-27-24-21-18-15-12-9-6-3)70-64(67)58-55-52-49-46-43-40-37-35-33-31-29-26-23-20-17-14-11-8-5-2/h25-26,28-29,61H,4-24,27,30-60H2,1-3H3/b28-25-,29-26-. The van der Waals surface area contributed by atoms with Crippen molar-refractivity contribution in [3.05, 3.63) is 24.3 Å². The minimum atomic E-state index is -0.770. The first-order valence-electron chi connectivity index (χ1n) is 31.3. The zero-order valence-electron chi connectivity index (χ0n) is 47.3. The van der Waals surface area contributed by atoms with Crippen molar-refractivity contribution in [1.82, 2.24) is 0 Å². The SMILES string of the molecule is CCCCCCCC/C=C\CCCCCCCCCCCC(=O)OCC(COC(=O)CCCCCCCCCCCCCCCC)OC(=O)CCCCCCCCCCC/C=C\CCCCCCCC. The van der Waals surface area contributed by atoms with Gasteiger partial charge in [0, 0.05) is 19.3 Å². The van der Waals surface area contributed by atoms with Crippen LogP contribution in [0.3, 0.4) is 0 Å². The van der Waals surface area contributed by atoms with E-state index in [2.05, 4.69) is 45.1 Å². The first-order valence-corrected chi connectivity index (χ1v) is 31.3. The lowest BCUT2D eigenvalue weighted by Gasteiger charge is -2.18. The summed E-state index contributed by atoms with van der Waals surface area (Å²) in [7, 11) is 0. The quantitative estimate of drug-likeness (QED) is 0.0261. The number of ether oxygens (including phenoxy) is 3. The molecule has 0 fully saturated rings. The summed E-state index contributed by atoms with van der Waals surface area (Å²) >= 11 is 0. The molecule has 412 valence electrons. The van der Waals surface area contributed by atoms with Gasteiger partial charge in [-0.3, -0.25) is 14.4 Å². The number of carbonyl (C=O) groups excluding carboxylic acids is 3. The zero-order valence-corrected chi connectivity index (χ0v) is 47.3. The predicted molar refractivity (Wildman–Crippen MR) is 303 cm³/mol. The van der Waals surface area contributed by atoms with Crippen LogP contribution in [0.4, 0.5) is 0 Å². The van der Waals surface area contributed by atoms with Crippen LogP contribution in [-0.4, -0.2) is 37.2 Å². The number of allylic oxidation sites excluding steroid dienone is 4. The van der Waals surface area contributed by atoms with Gasteiger partial charge >= 0.3 is 17.9 Å². The second-order valence-electron chi connectivity index (χ2n) is 21.3. The van der Waals surface area contributed by atoms with E-state index in [4.69, 9.17) is 14.2 Å². The van der Waals surface area contributed by atoms with Crippen LogP contribution in [0.15, 0.2) is 24.3 Å². The molecular weight excluding hydrogens is 865 g/mol. The van der Waals surface area contributed by atoms with E-state index in [-0.39, 0.29) is 31.1 Å². The molecule has 0 saturated heterocycles. The Labute approximate surface area is 436 Å². The Kier molecular flexibility index (Phi) is 57.7. The molecule has 6 heteroatoms. The fourth-order valence-corrected chi connectivity index (χ4v) is 9.44. The molecule has 1 atom stereocenters. The second kappa shape index (κ2) is 59.5. The van der Waals surface area contributed by atoms with Crippen LogP contribution < -0.4 is 0 Å². The molecule has 0 aliphatic rings. The topological polar surface area (TPSA) is 78.9 Å². The van der Waals surface area contributed by atoms with E-state index < -0.39 is 6.10 Å². The lowest BCUT2D eigenvalue weighted by atomic mass is 10.0. The molecule has 6 nitrogen and oxygen atoms in total. The number of hydrogen-bond donors (Lipinski definition) is 0. The van der Waals surface area contributed by atoms with Gasteiger partial charge < -0.3 is 14.2 Å². The van der Waals surface area contributed by atoms with Crippen LogP contribution >= 0.6 is 0 Å². The highest BCUT2D eigenvalue weighted by molar-refractivity contribution is 5.71. The normalized spacial score (nSPS) is 12.1. The lowest BCUT2D eigenvalue weighted by Crippen LogP contribution is -2.30. The van der Waals surface area contributed by atoms with Gasteiger partial charge in [0.15, 0.2) is 6.10 Å². The van der Waals surface area contributed by atoms with Crippen LogP contribution in [0.1, 0.15) is 348 Å². The van der Waals surface area contributed by atoms with Gasteiger partial charge in [-0.05, 0) is 70.6 Å². The van der Waals surface area contributed by atoms with Crippen molar-refractivity contribution in [2.45, 2.75) is 354 Å². The van der Waals surface area contributed by atoms with Crippen molar-refractivity contribution >= 4 is 17.9 Å². The van der Waals surface area contributed by atoms with Crippen LogP contribution in [-0.2, 0) is 28.6 Å². The van der Waals surface area contributed by atoms with Gasteiger partial charge in [-0.15, -0.1) is 0 Å². The van der Waals surface area contributed by atoms with Crippen molar-refractivity contribution in [3.63, 3.8) is 0 Å². The Morgan fingerprint density at radius 2 is 0.471 bits per heavy atom. The van der Waals surface area contributed by atoms with E-state index in [0.717, 1.165) is 57.8 Å². The highest BCUT2D eigenvalue weighted by Gasteiger charge is 2.19. The van der Waals surface area contributed by atoms with Crippen molar-refractivity contribution in [1.29, 1.82) is 0 Å². The van der Waals surface area contributed by atoms with E-state index in [1.54, 1.807) is 0 Å². The third-order valence-corrected chi connectivity index (χ3v) is 14.2. The molecule has 70 heavy (non-hydrogen) atoms. The van der Waals surface area contributed by atoms with Crippen molar-refractivity contribution in [2.24, 2.45) is 0 Å². The number of carbonyl (C=O) groups is 3. The van der Waals surface area contributed by atoms with Gasteiger partial charge in [0.1, 0.15) is 13.2 Å². The highest BCUT2D eigenvalue weighted by Crippen LogP contribution is 2.17. The van der Waals surface area contributed by atoms with Crippen LogP contribution in [0, 0.1) is 0 Å². The first kappa shape index (κ1) is 67.9. The summed E-state index contributed by atoms with van der Waals surface area (Å²) in [5.41, 5.74) is 0. The van der Waals surface area contributed by atoms with Gasteiger partial charge in [0.05, 0.1) is 0 Å². The maximum absolute atomic E-state index is 12.9. The largest absolute Gasteiger partial charge is 0.462 e. The lowest BCUT2D eigenvalue weighted by molar-refractivity contribution is -0.167. The van der Waals surface area contributed by atoms with Crippen molar-refractivity contribution in [2.75, 3.05) is 13.2 Å². The molecule has 0 aliphatic heterocycles. The molecule has 0 amide bonds. The van der Waals surface area contributed by atoms with E-state index >= 15 is 0 Å². The van der Waals surface area contributed by atoms with E-state index in [1.165, 1.54) is 250 Å². The summed E-state index contributed by atoms with van der Waals surface area (Å²) in [6.45, 7) is 6.69. The zero-order chi connectivity index (χ0) is 50.7. The monoisotopic (exact) mass is 985 g/mol. The average Bonchev–Trinajstić information content (AvgIpc) is 3.36. The Morgan fingerprint density at radius 3 is 0.714 bits per heavy atom. The smallest absolute Gasteiger partial charge is 0.306 e. The average molecular weight is 986 g/mol. The van der Waals surface area contributed by atoms with E-state index in [1.807, 2.05) is 0 Å². The van der Waals surface area contributed by atoms with Gasteiger partial charge in [-0.1, -0.05) is 283 Å². The van der Waals surface area contributed by atoms with E-state index in [9.17, 15) is 14.4 Å². The molecule has 0 aromatic rings. The van der Waals surface area contributed by atoms with Crippen LogP contribution in [0.25, 0.3) is 0 Å². The third-order valence-electron chi connectivity index (χ3n) is 14.2. The van der Waals surface area contributed by atoms with Crippen LogP contribution in [0.5, 0.6) is 0 Å². The van der Waals surface area contributed by atoms with Crippen molar-refractivity contribution < 1.29 is 28.6 Å². The van der Waals surface area contributed by atoms with Gasteiger partial charge in [-0.2, -0.15) is 0 Å². The molecule has 0 heterocycles. The molecule has 0 spiro atoms. The van der Waals surface area contributed by atoms with Gasteiger partial charge in [-0.25, -0.2) is 0 Å². The fourth-order valence-electron chi connectivity index (χ4n) is 9.44. The minimum Gasteiger partial charge on any atom is -0.462 e. The number of hydrogen-bond acceptors (Lipinski definition) is 6. The summed E-state index contributed by atoms with van der Waals surface area (Å²) in [5.74, 6) is -0.847. The Balaban J connectivity index is 4.31. The molecule has 0 rings (SSSR count). The summed E-state index contributed by atoms with van der Waals surface area (Å²) in [6, 6.07) is 0. The summed E-state index contributed by atoms with van der Waals surface area (Å²) < 4.78 is 16.9. The molecule has 1 unspecified atom stereocenters. The number of unbranched alkanes of at least 4 members (excludes halogenated alkanes) is 43. The molecule has 0 N–H and O–H groups in total. The summed E-state index contributed by atoms with van der Waals surface area (Å²) in [6.07, 6.45) is 70.3. The third kappa shape index (κ3) is 56.8. The molecule has 0 aromatic heterocycles. The van der Waals surface area contributed by atoms with Crippen molar-refractivity contribution in [3.8, 4) is 0 Å². The van der Waals surface area contributed by atoms with Gasteiger partial charge in [0.25, 0.3) is 0 Å². The molecule has 0 aromatic carbocycles. The minimum absolute atomic E-state index is 0.0676. The van der Waals surface area contributed by atoms with Gasteiger partial charge in [0.2, 0.25) is 0 Å². The molecular formula is C64H120O6. The van der Waals surface area contributed by atoms with Crippen LogP contribution in [0.2, 0.25) is 0 Å². The molecule has 0 saturated carbocycles. The fraction of sp³-hybridized carbons (Fsp3) is 0.891. The number of rotatable bonds is 58. The molecule has 0 radical (unpaired) electrons. The molecule has 0 bridgehead atoms. The summed E-state index contributed by atoms with van der Waals surface area (Å²) in [5, 5.41) is 0. The maximum Gasteiger partial charge on any atom is 0.306 e. The Bertz CT molecular complexity index is 1130. The highest BCUT2D eigenvalue weighted by atomic mass is 16.6.